The predicted octanol–water partition coefficient (Wildman–Crippen LogP) is 3.07. The maximum absolute atomic E-state index is 10.1. The number of aromatic nitrogens is 2. The second-order valence-corrected chi connectivity index (χ2v) is 4.68. The third-order valence-corrected chi connectivity index (χ3v) is 3.63. The van der Waals surface area contributed by atoms with E-state index in [-0.39, 0.29) is 5.75 Å². The number of thiazole rings is 1. The summed E-state index contributed by atoms with van der Waals surface area (Å²) in [6.45, 7) is 0. The molecule has 0 aliphatic heterocycles. The van der Waals surface area contributed by atoms with Gasteiger partial charge in [-0.15, -0.1) is 0 Å². The molecule has 3 aromatic rings. The minimum atomic E-state index is 0.110. The Hall–Kier alpha value is -2.14. The third kappa shape index (κ3) is 1.69. The van der Waals surface area contributed by atoms with E-state index in [0.29, 0.717) is 11.3 Å². The SMILES string of the molecule is COc1cccc(-c2nc3cccnc3s2)c1O. The van der Waals surface area contributed by atoms with Crippen LogP contribution in [0, 0.1) is 0 Å². The Kier molecular flexibility index (Phi) is 2.60. The number of benzene rings is 1. The van der Waals surface area contributed by atoms with Gasteiger partial charge in [-0.25, -0.2) is 9.97 Å². The smallest absolute Gasteiger partial charge is 0.168 e. The zero-order valence-corrected chi connectivity index (χ0v) is 10.4. The molecule has 0 fully saturated rings. The molecular weight excluding hydrogens is 248 g/mol. The van der Waals surface area contributed by atoms with Crippen LogP contribution in [-0.2, 0) is 0 Å². The van der Waals surface area contributed by atoms with Gasteiger partial charge in [0.1, 0.15) is 15.4 Å². The number of nitrogens with zero attached hydrogens (tertiary/aromatic N) is 2. The van der Waals surface area contributed by atoms with Crippen molar-refractivity contribution in [2.24, 2.45) is 0 Å². The molecular formula is C13H10N2O2S. The Bertz CT molecular complexity index is 676. The largest absolute Gasteiger partial charge is 0.504 e. The molecule has 0 bridgehead atoms. The van der Waals surface area contributed by atoms with Gasteiger partial charge in [-0.05, 0) is 24.3 Å². The van der Waals surface area contributed by atoms with Crippen LogP contribution in [0.2, 0.25) is 0 Å². The molecule has 4 nitrogen and oxygen atoms in total. The first-order valence-corrected chi connectivity index (χ1v) is 6.19. The summed E-state index contributed by atoms with van der Waals surface area (Å²) in [5, 5.41) is 10.8. The van der Waals surface area contributed by atoms with Crippen molar-refractivity contribution in [1.82, 2.24) is 9.97 Å². The number of hydrogen-bond donors (Lipinski definition) is 1. The van der Waals surface area contributed by atoms with Crippen molar-refractivity contribution in [1.29, 1.82) is 0 Å². The van der Waals surface area contributed by atoms with Crippen LogP contribution in [0.3, 0.4) is 0 Å². The number of para-hydroxylation sites is 1. The van der Waals surface area contributed by atoms with Crippen molar-refractivity contribution >= 4 is 21.7 Å². The molecule has 1 aromatic carbocycles. The summed E-state index contributed by atoms with van der Waals surface area (Å²) in [6, 6.07) is 9.10. The molecule has 0 atom stereocenters. The van der Waals surface area contributed by atoms with Gasteiger partial charge in [0.25, 0.3) is 0 Å². The molecule has 18 heavy (non-hydrogen) atoms. The van der Waals surface area contributed by atoms with Gasteiger partial charge in [-0.2, -0.15) is 0 Å². The second-order valence-electron chi connectivity index (χ2n) is 3.70. The minimum absolute atomic E-state index is 0.110. The molecule has 2 heterocycles. The van der Waals surface area contributed by atoms with Crippen molar-refractivity contribution < 1.29 is 9.84 Å². The number of methoxy groups -OCH3 is 1. The van der Waals surface area contributed by atoms with Crippen molar-refractivity contribution in [2.75, 3.05) is 7.11 Å². The highest BCUT2D eigenvalue weighted by Gasteiger charge is 2.13. The molecule has 1 N–H and O–H groups in total. The summed E-state index contributed by atoms with van der Waals surface area (Å²) in [6.07, 6.45) is 1.73. The van der Waals surface area contributed by atoms with Crippen LogP contribution < -0.4 is 4.74 Å². The standard InChI is InChI=1S/C13H10N2O2S/c1-17-10-6-2-4-8(11(10)16)12-15-9-5-3-7-14-13(9)18-12/h2-7,16H,1H3. The fourth-order valence-electron chi connectivity index (χ4n) is 1.74. The molecule has 90 valence electrons. The van der Waals surface area contributed by atoms with Gasteiger partial charge in [0.15, 0.2) is 11.5 Å². The molecule has 0 spiro atoms. The first-order valence-electron chi connectivity index (χ1n) is 5.37. The zero-order valence-electron chi connectivity index (χ0n) is 9.62. The number of phenolic OH excluding ortho intramolecular Hbond substituents is 1. The van der Waals surface area contributed by atoms with Gasteiger partial charge in [0, 0.05) is 6.20 Å². The fraction of sp³-hybridized carbons (Fsp3) is 0.0769. The summed E-state index contributed by atoms with van der Waals surface area (Å²) in [4.78, 5) is 9.56. The number of pyridine rings is 1. The highest BCUT2D eigenvalue weighted by Crippen LogP contribution is 2.39. The number of aromatic hydroxyl groups is 1. The molecule has 0 aliphatic rings. The van der Waals surface area contributed by atoms with E-state index < -0.39 is 0 Å². The van der Waals surface area contributed by atoms with Crippen LogP contribution in [-0.4, -0.2) is 22.2 Å². The normalized spacial score (nSPS) is 10.7. The Morgan fingerprint density at radius 2 is 2.11 bits per heavy atom. The van der Waals surface area contributed by atoms with E-state index in [2.05, 4.69) is 9.97 Å². The van der Waals surface area contributed by atoms with Crippen molar-refractivity contribution in [3.8, 4) is 22.1 Å². The first kappa shape index (κ1) is 11.0. The number of ether oxygens (including phenoxy) is 1. The highest BCUT2D eigenvalue weighted by atomic mass is 32.1. The summed E-state index contributed by atoms with van der Waals surface area (Å²) in [5.41, 5.74) is 1.50. The van der Waals surface area contributed by atoms with Crippen molar-refractivity contribution in [2.45, 2.75) is 0 Å². The summed E-state index contributed by atoms with van der Waals surface area (Å²) >= 11 is 1.45. The van der Waals surface area contributed by atoms with E-state index in [1.807, 2.05) is 24.3 Å². The van der Waals surface area contributed by atoms with Gasteiger partial charge in [-0.3, -0.25) is 0 Å². The average molecular weight is 258 g/mol. The van der Waals surface area contributed by atoms with Crippen LogP contribution in [0.4, 0.5) is 0 Å². The van der Waals surface area contributed by atoms with Gasteiger partial charge in [0.05, 0.1) is 12.7 Å². The van der Waals surface area contributed by atoms with Crippen molar-refractivity contribution in [3.63, 3.8) is 0 Å². The maximum Gasteiger partial charge on any atom is 0.168 e. The van der Waals surface area contributed by atoms with E-state index in [1.165, 1.54) is 18.4 Å². The van der Waals surface area contributed by atoms with Crippen LogP contribution >= 0.6 is 11.3 Å². The Morgan fingerprint density at radius 1 is 1.22 bits per heavy atom. The van der Waals surface area contributed by atoms with Crippen LogP contribution in [0.25, 0.3) is 20.9 Å². The minimum Gasteiger partial charge on any atom is -0.504 e. The van der Waals surface area contributed by atoms with Gasteiger partial charge in [0.2, 0.25) is 0 Å². The Labute approximate surface area is 108 Å². The topological polar surface area (TPSA) is 55.2 Å². The fourth-order valence-corrected chi connectivity index (χ4v) is 2.68. The van der Waals surface area contributed by atoms with Crippen molar-refractivity contribution in [3.05, 3.63) is 36.5 Å². The zero-order chi connectivity index (χ0) is 12.5. The summed E-state index contributed by atoms with van der Waals surface area (Å²) in [7, 11) is 1.53. The van der Waals surface area contributed by atoms with E-state index in [4.69, 9.17) is 4.74 Å². The lowest BCUT2D eigenvalue weighted by atomic mass is 10.2. The Balaban J connectivity index is 2.20. The number of phenols is 1. The predicted molar refractivity (Wildman–Crippen MR) is 71.1 cm³/mol. The average Bonchev–Trinajstić information content (AvgIpc) is 2.82. The lowest BCUT2D eigenvalue weighted by Crippen LogP contribution is -1.85. The maximum atomic E-state index is 10.1. The second kappa shape index (κ2) is 4.27. The van der Waals surface area contributed by atoms with Crippen LogP contribution in [0.15, 0.2) is 36.5 Å². The summed E-state index contributed by atoms with van der Waals surface area (Å²) in [5.74, 6) is 0.554. The van der Waals surface area contributed by atoms with E-state index in [0.717, 1.165) is 15.4 Å². The molecule has 5 heteroatoms. The highest BCUT2D eigenvalue weighted by molar-refractivity contribution is 7.21. The molecule has 0 aliphatic carbocycles. The third-order valence-electron chi connectivity index (χ3n) is 2.62. The van der Waals surface area contributed by atoms with Gasteiger partial charge < -0.3 is 9.84 Å². The lowest BCUT2D eigenvalue weighted by Gasteiger charge is -2.05. The lowest BCUT2D eigenvalue weighted by molar-refractivity contribution is 0.374. The molecule has 0 radical (unpaired) electrons. The molecule has 0 unspecified atom stereocenters. The van der Waals surface area contributed by atoms with E-state index in [9.17, 15) is 5.11 Å². The van der Waals surface area contributed by atoms with E-state index >= 15 is 0 Å². The molecule has 3 rings (SSSR count). The van der Waals surface area contributed by atoms with Crippen LogP contribution in [0.1, 0.15) is 0 Å². The van der Waals surface area contributed by atoms with Gasteiger partial charge in [-0.1, -0.05) is 17.4 Å². The van der Waals surface area contributed by atoms with E-state index in [1.54, 1.807) is 12.3 Å². The molecule has 0 saturated carbocycles. The summed E-state index contributed by atoms with van der Waals surface area (Å²) < 4.78 is 5.09. The van der Waals surface area contributed by atoms with Crippen LogP contribution in [0.5, 0.6) is 11.5 Å². The number of fused-ring (bicyclic) bond motifs is 1. The van der Waals surface area contributed by atoms with Gasteiger partial charge >= 0.3 is 0 Å². The Morgan fingerprint density at radius 3 is 2.89 bits per heavy atom. The first-order chi connectivity index (χ1) is 8.79. The number of rotatable bonds is 2. The molecule has 0 amide bonds. The molecule has 0 saturated heterocycles. The monoisotopic (exact) mass is 258 g/mol. The quantitative estimate of drug-likeness (QED) is 0.767. The number of hydrogen-bond acceptors (Lipinski definition) is 5. The molecule has 2 aromatic heterocycles.